The molecule has 1 aliphatic heterocycles. The van der Waals surface area contributed by atoms with Crippen LogP contribution in [0.5, 0.6) is 0 Å². The number of hydrogen-bond donors (Lipinski definition) is 2. The molecule has 2 N–H and O–H groups in total. The summed E-state index contributed by atoms with van der Waals surface area (Å²) >= 11 is 6.40. The maximum atomic E-state index is 12.6. The monoisotopic (exact) mass is 413 g/mol. The van der Waals surface area contributed by atoms with Crippen LogP contribution in [0, 0.1) is 0 Å². The van der Waals surface area contributed by atoms with Gasteiger partial charge >= 0.3 is 0 Å². The van der Waals surface area contributed by atoms with Crippen LogP contribution >= 0.6 is 11.6 Å². The fourth-order valence-electron chi connectivity index (χ4n) is 3.03. The number of hydrogen-bond acceptors (Lipinski definition) is 4. The Kier molecular flexibility index (Phi) is 7.27. The minimum absolute atomic E-state index is 0.316. The highest BCUT2D eigenvalue weighted by Crippen LogP contribution is 2.34. The van der Waals surface area contributed by atoms with Gasteiger partial charge in [-0.05, 0) is 30.7 Å². The predicted octanol–water partition coefficient (Wildman–Crippen LogP) is 3.33. The van der Waals surface area contributed by atoms with E-state index in [0.29, 0.717) is 37.0 Å². The van der Waals surface area contributed by atoms with Crippen molar-refractivity contribution < 1.29 is 14.3 Å². The third-order valence-corrected chi connectivity index (χ3v) is 4.86. The van der Waals surface area contributed by atoms with Gasteiger partial charge in [0.25, 0.3) is 0 Å². The number of morpholine rings is 1. The molecule has 29 heavy (non-hydrogen) atoms. The molecule has 152 valence electrons. The molecule has 0 saturated carbocycles. The zero-order valence-corrected chi connectivity index (χ0v) is 17.0. The number of carbonyl (C=O) groups is 2. The first-order valence-corrected chi connectivity index (χ1v) is 9.88. The van der Waals surface area contributed by atoms with Gasteiger partial charge in [-0.25, -0.2) is 0 Å². The third kappa shape index (κ3) is 5.82. The van der Waals surface area contributed by atoms with Gasteiger partial charge in [-0.3, -0.25) is 9.59 Å². The first-order valence-electron chi connectivity index (χ1n) is 9.50. The van der Waals surface area contributed by atoms with E-state index < -0.39 is 6.04 Å². The van der Waals surface area contributed by atoms with Crippen LogP contribution in [-0.2, 0) is 14.3 Å². The van der Waals surface area contributed by atoms with Crippen molar-refractivity contribution in [1.29, 1.82) is 0 Å². The van der Waals surface area contributed by atoms with Crippen molar-refractivity contribution in [2.45, 2.75) is 13.0 Å². The number of anilines is 2. The average Bonchev–Trinajstić information content (AvgIpc) is 2.73. The summed E-state index contributed by atoms with van der Waals surface area (Å²) in [5.74, 6) is -0.653. The molecule has 1 atom stereocenters. The molecule has 2 aromatic rings. The number of halogens is 1. The van der Waals surface area contributed by atoms with Gasteiger partial charge in [-0.1, -0.05) is 48.0 Å². The molecular weight excluding hydrogens is 390 g/mol. The Morgan fingerprint density at radius 1 is 1.10 bits per heavy atom. The number of carbonyl (C=O) groups excluding carboxylic acids is 2. The zero-order chi connectivity index (χ0) is 20.6. The lowest BCUT2D eigenvalue weighted by molar-refractivity contribution is -0.123. The topological polar surface area (TPSA) is 70.7 Å². The quantitative estimate of drug-likeness (QED) is 0.712. The molecule has 3 rings (SSSR count). The van der Waals surface area contributed by atoms with Crippen LogP contribution in [0.1, 0.15) is 12.5 Å². The smallest absolute Gasteiger partial charge is 0.246 e. The molecule has 0 radical (unpaired) electrons. The van der Waals surface area contributed by atoms with E-state index >= 15 is 0 Å². The molecule has 6 nitrogen and oxygen atoms in total. The molecule has 1 saturated heterocycles. The Labute approximate surface area is 175 Å². The molecule has 0 aromatic heterocycles. The Hall–Kier alpha value is -2.83. The zero-order valence-electron chi connectivity index (χ0n) is 16.2. The Morgan fingerprint density at radius 2 is 1.83 bits per heavy atom. The second-order valence-electron chi connectivity index (χ2n) is 6.70. The van der Waals surface area contributed by atoms with Crippen LogP contribution in [0.25, 0.3) is 6.08 Å². The molecule has 1 aliphatic rings. The number of amides is 2. The summed E-state index contributed by atoms with van der Waals surface area (Å²) in [5, 5.41) is 6.12. The summed E-state index contributed by atoms with van der Waals surface area (Å²) in [5.41, 5.74) is 2.30. The van der Waals surface area contributed by atoms with Gasteiger partial charge < -0.3 is 20.3 Å². The maximum Gasteiger partial charge on any atom is 0.246 e. The molecule has 1 fully saturated rings. The molecule has 2 amide bonds. The van der Waals surface area contributed by atoms with E-state index in [1.165, 1.54) is 6.08 Å². The Morgan fingerprint density at radius 3 is 2.55 bits per heavy atom. The molecule has 0 bridgehead atoms. The Bertz CT molecular complexity index is 880. The highest BCUT2D eigenvalue weighted by Gasteiger charge is 2.21. The lowest BCUT2D eigenvalue weighted by Crippen LogP contribution is -2.41. The fourth-order valence-corrected chi connectivity index (χ4v) is 3.32. The van der Waals surface area contributed by atoms with Crippen molar-refractivity contribution in [2.75, 3.05) is 36.5 Å². The summed E-state index contributed by atoms with van der Waals surface area (Å²) < 4.78 is 5.39. The van der Waals surface area contributed by atoms with E-state index in [9.17, 15) is 9.59 Å². The summed E-state index contributed by atoms with van der Waals surface area (Å²) in [6, 6.07) is 14.2. The number of rotatable bonds is 6. The van der Waals surface area contributed by atoms with Crippen LogP contribution in [0.2, 0.25) is 5.02 Å². The van der Waals surface area contributed by atoms with E-state index in [0.717, 1.165) is 11.3 Å². The molecule has 0 spiro atoms. The van der Waals surface area contributed by atoms with Crippen LogP contribution in [-0.4, -0.2) is 44.2 Å². The second kappa shape index (κ2) is 10.1. The van der Waals surface area contributed by atoms with E-state index in [2.05, 4.69) is 15.5 Å². The number of nitrogens with zero attached hydrogens (tertiary/aromatic N) is 1. The van der Waals surface area contributed by atoms with Gasteiger partial charge in [0.2, 0.25) is 11.8 Å². The fraction of sp³-hybridized carbons (Fsp3) is 0.273. The second-order valence-corrected chi connectivity index (χ2v) is 7.11. The van der Waals surface area contributed by atoms with Crippen molar-refractivity contribution in [3.05, 3.63) is 65.2 Å². The molecular formula is C22H24ClN3O3. The first kappa shape index (κ1) is 20.9. The first-order chi connectivity index (χ1) is 14.0. The lowest BCUT2D eigenvalue weighted by atomic mass is 10.2. The largest absolute Gasteiger partial charge is 0.378 e. The van der Waals surface area contributed by atoms with Crippen LogP contribution in [0.4, 0.5) is 11.4 Å². The molecule has 0 aliphatic carbocycles. The van der Waals surface area contributed by atoms with Crippen LogP contribution in [0.15, 0.2) is 54.6 Å². The van der Waals surface area contributed by atoms with E-state index in [4.69, 9.17) is 16.3 Å². The average molecular weight is 414 g/mol. The SMILES string of the molecule is CC(NC(=O)/C=C/c1ccccc1)C(=O)Nc1cccc(Cl)c1N1CCOCC1. The summed E-state index contributed by atoms with van der Waals surface area (Å²) in [6.07, 6.45) is 3.12. The summed E-state index contributed by atoms with van der Waals surface area (Å²) in [6.45, 7) is 4.26. The minimum atomic E-state index is -0.709. The standard InChI is InChI=1S/C22H24ClN3O3/c1-16(24-20(27)11-10-17-6-3-2-4-7-17)22(28)25-19-9-5-8-18(23)21(19)26-12-14-29-15-13-26/h2-11,16H,12-15H2,1H3,(H,24,27)(H,25,28)/b11-10+. The Balaban J connectivity index is 1.63. The van der Waals surface area contributed by atoms with E-state index in [1.54, 1.807) is 31.2 Å². The minimum Gasteiger partial charge on any atom is -0.378 e. The van der Waals surface area contributed by atoms with Crippen molar-refractivity contribution in [1.82, 2.24) is 5.32 Å². The normalized spacial score (nSPS) is 15.2. The predicted molar refractivity (Wildman–Crippen MR) is 116 cm³/mol. The number of ether oxygens (including phenoxy) is 1. The van der Waals surface area contributed by atoms with Gasteiger partial charge in [0.05, 0.1) is 29.6 Å². The van der Waals surface area contributed by atoms with Crippen molar-refractivity contribution >= 4 is 40.9 Å². The summed E-state index contributed by atoms with van der Waals surface area (Å²) in [7, 11) is 0. The van der Waals surface area contributed by atoms with Crippen molar-refractivity contribution in [3.63, 3.8) is 0 Å². The van der Waals surface area contributed by atoms with Gasteiger partial charge in [0.1, 0.15) is 6.04 Å². The van der Waals surface area contributed by atoms with E-state index in [1.807, 2.05) is 30.3 Å². The molecule has 7 heteroatoms. The van der Waals surface area contributed by atoms with Crippen LogP contribution < -0.4 is 15.5 Å². The van der Waals surface area contributed by atoms with Crippen molar-refractivity contribution in [3.8, 4) is 0 Å². The van der Waals surface area contributed by atoms with Crippen molar-refractivity contribution in [2.24, 2.45) is 0 Å². The van der Waals surface area contributed by atoms with Gasteiger partial charge in [0.15, 0.2) is 0 Å². The van der Waals surface area contributed by atoms with Crippen LogP contribution in [0.3, 0.4) is 0 Å². The van der Waals surface area contributed by atoms with E-state index in [-0.39, 0.29) is 11.8 Å². The highest BCUT2D eigenvalue weighted by molar-refractivity contribution is 6.34. The number of benzene rings is 2. The highest BCUT2D eigenvalue weighted by atomic mass is 35.5. The molecule has 2 aromatic carbocycles. The summed E-state index contributed by atoms with van der Waals surface area (Å²) in [4.78, 5) is 26.9. The number of nitrogens with one attached hydrogen (secondary N) is 2. The maximum absolute atomic E-state index is 12.6. The van der Waals surface area contributed by atoms with Gasteiger partial charge in [0, 0.05) is 19.2 Å². The van der Waals surface area contributed by atoms with Gasteiger partial charge in [-0.15, -0.1) is 0 Å². The molecule has 1 unspecified atom stereocenters. The number of para-hydroxylation sites is 1. The molecule has 1 heterocycles. The van der Waals surface area contributed by atoms with Gasteiger partial charge in [-0.2, -0.15) is 0 Å². The third-order valence-electron chi connectivity index (χ3n) is 4.55. The lowest BCUT2D eigenvalue weighted by Gasteiger charge is -2.31.